The molecular formula is C23H28N2O3. The van der Waals surface area contributed by atoms with Crippen LogP contribution in [-0.4, -0.2) is 25.5 Å². The van der Waals surface area contributed by atoms with Gasteiger partial charge in [0.05, 0.1) is 7.11 Å². The first kappa shape index (κ1) is 19.9. The molecule has 0 bridgehead atoms. The number of hydrogen-bond donors (Lipinski definition) is 1. The molecular weight excluding hydrogens is 352 g/mol. The number of unbranched alkanes of at least 4 members (excludes halogenated alkanes) is 1. The van der Waals surface area contributed by atoms with E-state index < -0.39 is 0 Å². The Hall–Kier alpha value is -2.82. The lowest BCUT2D eigenvalue weighted by Crippen LogP contribution is -2.35. The molecule has 28 heavy (non-hydrogen) atoms. The minimum absolute atomic E-state index is 0.00880. The van der Waals surface area contributed by atoms with Crippen molar-refractivity contribution < 1.29 is 14.3 Å². The minimum Gasteiger partial charge on any atom is -0.497 e. The van der Waals surface area contributed by atoms with Gasteiger partial charge in [-0.25, -0.2) is 0 Å². The van der Waals surface area contributed by atoms with E-state index in [1.165, 1.54) is 0 Å². The number of carbonyl (C=O) groups is 2. The second kappa shape index (κ2) is 9.40. The van der Waals surface area contributed by atoms with Crippen molar-refractivity contribution in [2.45, 2.75) is 45.4 Å². The first-order chi connectivity index (χ1) is 13.6. The number of benzene rings is 2. The van der Waals surface area contributed by atoms with Gasteiger partial charge in [-0.1, -0.05) is 25.5 Å². The summed E-state index contributed by atoms with van der Waals surface area (Å²) in [7, 11) is 1.64. The van der Waals surface area contributed by atoms with Crippen molar-refractivity contribution in [2.75, 3.05) is 23.9 Å². The lowest BCUT2D eigenvalue weighted by molar-refractivity contribution is -0.119. The van der Waals surface area contributed by atoms with E-state index in [2.05, 4.69) is 12.2 Å². The Balaban J connectivity index is 1.59. The zero-order valence-electron chi connectivity index (χ0n) is 16.7. The van der Waals surface area contributed by atoms with E-state index in [0.29, 0.717) is 19.3 Å². The molecule has 0 aliphatic carbocycles. The number of aryl methyl sites for hydroxylation is 2. The third kappa shape index (κ3) is 4.91. The topological polar surface area (TPSA) is 58.6 Å². The molecule has 3 rings (SSSR count). The molecule has 0 unspecified atom stereocenters. The average molecular weight is 380 g/mol. The Morgan fingerprint density at radius 1 is 1.14 bits per heavy atom. The lowest BCUT2D eigenvalue weighted by atomic mass is 10.00. The van der Waals surface area contributed by atoms with Crippen LogP contribution in [0.15, 0.2) is 42.5 Å². The van der Waals surface area contributed by atoms with E-state index in [1.54, 1.807) is 7.11 Å². The fraction of sp³-hybridized carbons (Fsp3) is 0.391. The fourth-order valence-electron chi connectivity index (χ4n) is 3.47. The average Bonchev–Trinajstić information content (AvgIpc) is 2.72. The standard InChI is InChI=1S/C23H28N2O3/c1-3-4-15-25-21-12-9-19(16-18(21)8-14-23(25)27)24-22(26)13-7-17-5-10-20(28-2)11-6-17/h5-6,9-12,16H,3-4,7-8,13-15H2,1-2H3,(H,24,26). The predicted molar refractivity (Wildman–Crippen MR) is 112 cm³/mol. The molecule has 0 atom stereocenters. The first-order valence-electron chi connectivity index (χ1n) is 9.96. The first-order valence-corrected chi connectivity index (χ1v) is 9.96. The second-order valence-corrected chi connectivity index (χ2v) is 7.14. The van der Waals surface area contributed by atoms with Crippen LogP contribution in [0.4, 0.5) is 11.4 Å². The molecule has 5 heteroatoms. The van der Waals surface area contributed by atoms with Crippen molar-refractivity contribution in [3.05, 3.63) is 53.6 Å². The monoisotopic (exact) mass is 380 g/mol. The lowest BCUT2D eigenvalue weighted by Gasteiger charge is -2.29. The van der Waals surface area contributed by atoms with E-state index in [0.717, 1.165) is 54.1 Å². The number of anilines is 2. The third-order valence-corrected chi connectivity index (χ3v) is 5.10. The fourth-order valence-corrected chi connectivity index (χ4v) is 3.47. The highest BCUT2D eigenvalue weighted by Gasteiger charge is 2.23. The normalized spacial score (nSPS) is 13.2. The summed E-state index contributed by atoms with van der Waals surface area (Å²) in [5.74, 6) is 0.997. The summed E-state index contributed by atoms with van der Waals surface area (Å²) in [6.45, 7) is 2.88. The molecule has 1 heterocycles. The number of rotatable bonds is 8. The molecule has 1 N–H and O–H groups in total. The SMILES string of the molecule is CCCCN1C(=O)CCc2cc(NC(=O)CCc3ccc(OC)cc3)ccc21. The van der Waals surface area contributed by atoms with Crippen molar-refractivity contribution in [3.8, 4) is 5.75 Å². The molecule has 0 radical (unpaired) electrons. The van der Waals surface area contributed by atoms with Crippen LogP contribution < -0.4 is 15.0 Å². The van der Waals surface area contributed by atoms with Crippen molar-refractivity contribution >= 4 is 23.2 Å². The molecule has 0 saturated heterocycles. The van der Waals surface area contributed by atoms with Gasteiger partial charge >= 0.3 is 0 Å². The van der Waals surface area contributed by atoms with E-state index in [1.807, 2.05) is 47.4 Å². The highest BCUT2D eigenvalue weighted by atomic mass is 16.5. The van der Waals surface area contributed by atoms with E-state index in [-0.39, 0.29) is 11.8 Å². The van der Waals surface area contributed by atoms with Crippen LogP contribution in [-0.2, 0) is 22.4 Å². The molecule has 0 saturated carbocycles. The quantitative estimate of drug-likeness (QED) is 0.741. The predicted octanol–water partition coefficient (Wildman–Crippen LogP) is 4.35. The maximum atomic E-state index is 12.3. The summed E-state index contributed by atoms with van der Waals surface area (Å²) in [5.41, 5.74) is 4.01. The summed E-state index contributed by atoms with van der Waals surface area (Å²) >= 11 is 0. The van der Waals surface area contributed by atoms with Crippen LogP contribution in [0.2, 0.25) is 0 Å². The van der Waals surface area contributed by atoms with Crippen molar-refractivity contribution in [3.63, 3.8) is 0 Å². The van der Waals surface area contributed by atoms with E-state index in [4.69, 9.17) is 4.74 Å². The molecule has 0 aromatic heterocycles. The Morgan fingerprint density at radius 3 is 2.64 bits per heavy atom. The molecule has 2 aromatic rings. The number of ether oxygens (including phenoxy) is 1. The summed E-state index contributed by atoms with van der Waals surface area (Å²) in [5, 5.41) is 2.99. The van der Waals surface area contributed by atoms with Gasteiger partial charge in [0.25, 0.3) is 0 Å². The van der Waals surface area contributed by atoms with Crippen LogP contribution in [0.3, 0.4) is 0 Å². The van der Waals surface area contributed by atoms with Crippen LogP contribution in [0, 0.1) is 0 Å². The van der Waals surface area contributed by atoms with Gasteiger partial charge in [0, 0.05) is 30.8 Å². The number of nitrogens with zero attached hydrogens (tertiary/aromatic N) is 1. The Morgan fingerprint density at radius 2 is 1.93 bits per heavy atom. The van der Waals surface area contributed by atoms with Gasteiger partial charge in [0.2, 0.25) is 11.8 Å². The molecule has 0 fully saturated rings. The number of carbonyl (C=O) groups excluding carboxylic acids is 2. The number of hydrogen-bond acceptors (Lipinski definition) is 3. The highest BCUT2D eigenvalue weighted by Crippen LogP contribution is 2.30. The van der Waals surface area contributed by atoms with Gasteiger partial charge in [0.15, 0.2) is 0 Å². The number of methoxy groups -OCH3 is 1. The zero-order chi connectivity index (χ0) is 19.9. The maximum absolute atomic E-state index is 12.3. The van der Waals surface area contributed by atoms with Gasteiger partial charge in [-0.3, -0.25) is 9.59 Å². The van der Waals surface area contributed by atoms with Gasteiger partial charge in [0.1, 0.15) is 5.75 Å². The molecule has 148 valence electrons. The molecule has 2 aromatic carbocycles. The van der Waals surface area contributed by atoms with Gasteiger partial charge in [-0.2, -0.15) is 0 Å². The van der Waals surface area contributed by atoms with Gasteiger partial charge in [-0.05, 0) is 60.7 Å². The van der Waals surface area contributed by atoms with Crippen molar-refractivity contribution in [1.29, 1.82) is 0 Å². The number of fused-ring (bicyclic) bond motifs is 1. The van der Waals surface area contributed by atoms with Crippen LogP contribution in [0.1, 0.15) is 43.7 Å². The van der Waals surface area contributed by atoms with Crippen molar-refractivity contribution in [1.82, 2.24) is 0 Å². The molecule has 5 nitrogen and oxygen atoms in total. The highest BCUT2D eigenvalue weighted by molar-refractivity contribution is 5.97. The smallest absolute Gasteiger partial charge is 0.227 e. The largest absolute Gasteiger partial charge is 0.497 e. The minimum atomic E-state index is -0.00880. The zero-order valence-corrected chi connectivity index (χ0v) is 16.7. The Labute approximate surface area is 166 Å². The van der Waals surface area contributed by atoms with Crippen LogP contribution in [0.5, 0.6) is 5.75 Å². The number of nitrogens with one attached hydrogen (secondary N) is 1. The summed E-state index contributed by atoms with van der Waals surface area (Å²) < 4.78 is 5.15. The maximum Gasteiger partial charge on any atom is 0.227 e. The molecule has 0 spiro atoms. The van der Waals surface area contributed by atoms with E-state index >= 15 is 0 Å². The van der Waals surface area contributed by atoms with Crippen LogP contribution >= 0.6 is 0 Å². The molecule has 2 amide bonds. The van der Waals surface area contributed by atoms with Crippen molar-refractivity contribution in [2.24, 2.45) is 0 Å². The summed E-state index contributed by atoms with van der Waals surface area (Å²) in [6.07, 6.45) is 4.42. The molecule has 1 aliphatic heterocycles. The third-order valence-electron chi connectivity index (χ3n) is 5.10. The van der Waals surface area contributed by atoms with E-state index in [9.17, 15) is 9.59 Å². The van der Waals surface area contributed by atoms with Gasteiger partial charge in [-0.15, -0.1) is 0 Å². The summed E-state index contributed by atoms with van der Waals surface area (Å²) in [6, 6.07) is 13.6. The van der Waals surface area contributed by atoms with Crippen LogP contribution in [0.25, 0.3) is 0 Å². The summed E-state index contributed by atoms with van der Waals surface area (Å²) in [4.78, 5) is 26.5. The Bertz CT molecular complexity index is 830. The second-order valence-electron chi connectivity index (χ2n) is 7.14. The Kier molecular flexibility index (Phi) is 6.69. The molecule has 1 aliphatic rings. The number of amides is 2. The van der Waals surface area contributed by atoms with Gasteiger partial charge < -0.3 is 15.0 Å².